The summed E-state index contributed by atoms with van der Waals surface area (Å²) in [6.07, 6.45) is 1.41. The highest BCUT2D eigenvalue weighted by atomic mass is 16.4. The van der Waals surface area contributed by atoms with Crippen molar-refractivity contribution in [1.29, 1.82) is 0 Å². The van der Waals surface area contributed by atoms with Crippen LogP contribution in [0.15, 0.2) is 0 Å². The number of hydrogen-bond acceptors (Lipinski definition) is 3. The Morgan fingerprint density at radius 3 is 2.82 bits per heavy atom. The first kappa shape index (κ1) is 13.8. The summed E-state index contributed by atoms with van der Waals surface area (Å²) in [5.41, 5.74) is 5.55. The van der Waals surface area contributed by atoms with Crippen LogP contribution >= 0.6 is 0 Å². The average Bonchev–Trinajstić information content (AvgIpc) is 2.77. The van der Waals surface area contributed by atoms with Crippen molar-refractivity contribution in [3.8, 4) is 0 Å². The lowest BCUT2D eigenvalue weighted by molar-refractivity contribution is -0.141. The molecule has 6 heteroatoms. The highest BCUT2D eigenvalue weighted by Gasteiger charge is 2.24. The van der Waals surface area contributed by atoms with Crippen molar-refractivity contribution >= 4 is 12.0 Å². The molecule has 17 heavy (non-hydrogen) atoms. The zero-order valence-electron chi connectivity index (χ0n) is 10.2. The average molecular weight is 243 g/mol. The molecule has 2 unspecified atom stereocenters. The molecule has 0 spiro atoms. The Kier molecular flexibility index (Phi) is 5.21. The lowest BCUT2D eigenvalue weighted by atomic mass is 10.1. The zero-order valence-corrected chi connectivity index (χ0v) is 10.2. The van der Waals surface area contributed by atoms with Gasteiger partial charge in [-0.2, -0.15) is 0 Å². The van der Waals surface area contributed by atoms with Gasteiger partial charge in [0, 0.05) is 19.6 Å². The maximum absolute atomic E-state index is 11.7. The van der Waals surface area contributed by atoms with Crippen LogP contribution in [0.5, 0.6) is 0 Å². The summed E-state index contributed by atoms with van der Waals surface area (Å²) in [5.74, 6) is -0.854. The van der Waals surface area contributed by atoms with E-state index in [0.29, 0.717) is 32.0 Å². The molecule has 0 saturated carbocycles. The standard InChI is InChI=1S/C11H21N3O3/c1-8(10(15)16)2-4-13-11(17)14-5-3-9(6-12)7-14/h8-9H,2-7,12H2,1H3,(H,13,17)(H,15,16). The molecule has 98 valence electrons. The molecule has 1 rings (SSSR count). The first-order chi connectivity index (χ1) is 8.04. The van der Waals surface area contributed by atoms with E-state index in [1.54, 1.807) is 11.8 Å². The minimum atomic E-state index is -0.830. The van der Waals surface area contributed by atoms with Gasteiger partial charge in [0.1, 0.15) is 0 Å². The van der Waals surface area contributed by atoms with E-state index in [0.717, 1.165) is 13.0 Å². The van der Waals surface area contributed by atoms with E-state index < -0.39 is 11.9 Å². The van der Waals surface area contributed by atoms with Crippen LogP contribution < -0.4 is 11.1 Å². The van der Waals surface area contributed by atoms with Gasteiger partial charge in [-0.3, -0.25) is 4.79 Å². The van der Waals surface area contributed by atoms with Gasteiger partial charge in [0.25, 0.3) is 0 Å². The number of urea groups is 1. The summed E-state index contributed by atoms with van der Waals surface area (Å²) in [6.45, 7) is 4.09. The molecule has 2 atom stereocenters. The van der Waals surface area contributed by atoms with Gasteiger partial charge in [-0.1, -0.05) is 6.92 Å². The third-order valence-corrected chi connectivity index (χ3v) is 3.18. The topological polar surface area (TPSA) is 95.7 Å². The molecule has 0 radical (unpaired) electrons. The number of nitrogens with zero attached hydrogens (tertiary/aromatic N) is 1. The fourth-order valence-corrected chi connectivity index (χ4v) is 1.84. The van der Waals surface area contributed by atoms with Gasteiger partial charge in [0.2, 0.25) is 0 Å². The number of carbonyl (C=O) groups excluding carboxylic acids is 1. The summed E-state index contributed by atoms with van der Waals surface area (Å²) in [6, 6.07) is -0.112. The normalized spacial score (nSPS) is 21.3. The van der Waals surface area contributed by atoms with E-state index in [9.17, 15) is 9.59 Å². The molecule has 1 saturated heterocycles. The van der Waals surface area contributed by atoms with Gasteiger partial charge in [-0.25, -0.2) is 4.79 Å². The van der Waals surface area contributed by atoms with Gasteiger partial charge in [0.05, 0.1) is 5.92 Å². The number of rotatable bonds is 5. The van der Waals surface area contributed by atoms with Crippen molar-refractivity contribution in [3.05, 3.63) is 0 Å². The zero-order chi connectivity index (χ0) is 12.8. The third kappa shape index (κ3) is 4.22. The molecule has 1 aliphatic rings. The monoisotopic (exact) mass is 243 g/mol. The highest BCUT2D eigenvalue weighted by molar-refractivity contribution is 5.74. The Morgan fingerprint density at radius 1 is 1.59 bits per heavy atom. The largest absolute Gasteiger partial charge is 0.481 e. The molecule has 0 aliphatic carbocycles. The van der Waals surface area contributed by atoms with E-state index in [1.165, 1.54) is 0 Å². The number of nitrogens with two attached hydrogens (primary N) is 1. The van der Waals surface area contributed by atoms with Crippen molar-refractivity contribution in [2.45, 2.75) is 19.8 Å². The fraction of sp³-hybridized carbons (Fsp3) is 0.818. The summed E-state index contributed by atoms with van der Waals surface area (Å²) in [5, 5.41) is 11.4. The third-order valence-electron chi connectivity index (χ3n) is 3.18. The number of carbonyl (C=O) groups is 2. The van der Waals surface area contributed by atoms with Crippen molar-refractivity contribution < 1.29 is 14.7 Å². The van der Waals surface area contributed by atoms with Gasteiger partial charge in [0.15, 0.2) is 0 Å². The van der Waals surface area contributed by atoms with E-state index in [4.69, 9.17) is 10.8 Å². The van der Waals surface area contributed by atoms with Crippen LogP contribution in [0.4, 0.5) is 4.79 Å². The quantitative estimate of drug-likeness (QED) is 0.637. The Balaban J connectivity index is 2.20. The molecule has 0 aromatic rings. The van der Waals surface area contributed by atoms with Gasteiger partial charge in [-0.15, -0.1) is 0 Å². The maximum Gasteiger partial charge on any atom is 0.317 e. The van der Waals surface area contributed by atoms with Crippen LogP contribution in [-0.2, 0) is 4.79 Å². The van der Waals surface area contributed by atoms with Crippen LogP contribution in [-0.4, -0.2) is 48.2 Å². The second-order valence-electron chi connectivity index (χ2n) is 4.60. The van der Waals surface area contributed by atoms with E-state index >= 15 is 0 Å². The van der Waals surface area contributed by atoms with E-state index in [-0.39, 0.29) is 6.03 Å². The number of nitrogens with one attached hydrogen (secondary N) is 1. The summed E-state index contributed by atoms with van der Waals surface area (Å²) in [7, 11) is 0. The van der Waals surface area contributed by atoms with Gasteiger partial charge in [-0.05, 0) is 25.3 Å². The molecule has 0 aromatic heterocycles. The van der Waals surface area contributed by atoms with Crippen molar-refractivity contribution in [1.82, 2.24) is 10.2 Å². The molecule has 1 fully saturated rings. The number of amides is 2. The molecule has 1 aliphatic heterocycles. The highest BCUT2D eigenvalue weighted by Crippen LogP contribution is 2.14. The first-order valence-electron chi connectivity index (χ1n) is 6.00. The molecule has 0 bridgehead atoms. The molecular formula is C11H21N3O3. The second kappa shape index (κ2) is 6.44. The Morgan fingerprint density at radius 2 is 2.29 bits per heavy atom. The number of likely N-dealkylation sites (tertiary alicyclic amines) is 1. The SMILES string of the molecule is CC(CCNC(=O)N1CCC(CN)C1)C(=O)O. The van der Waals surface area contributed by atoms with Crippen LogP contribution in [0, 0.1) is 11.8 Å². The van der Waals surface area contributed by atoms with E-state index in [2.05, 4.69) is 5.32 Å². The molecule has 0 aromatic carbocycles. The lowest BCUT2D eigenvalue weighted by Gasteiger charge is -2.17. The van der Waals surface area contributed by atoms with Crippen molar-refractivity contribution in [3.63, 3.8) is 0 Å². The predicted molar refractivity (Wildman–Crippen MR) is 63.5 cm³/mol. The molecule has 2 amide bonds. The Labute approximate surface area is 101 Å². The van der Waals surface area contributed by atoms with Crippen LogP contribution in [0.1, 0.15) is 19.8 Å². The molecule has 4 N–H and O–H groups in total. The second-order valence-corrected chi connectivity index (χ2v) is 4.60. The van der Waals surface area contributed by atoms with Gasteiger partial charge < -0.3 is 21.1 Å². The first-order valence-corrected chi connectivity index (χ1v) is 6.00. The van der Waals surface area contributed by atoms with Crippen LogP contribution in [0.3, 0.4) is 0 Å². The van der Waals surface area contributed by atoms with Crippen molar-refractivity contribution in [2.75, 3.05) is 26.2 Å². The molecule has 1 heterocycles. The van der Waals surface area contributed by atoms with E-state index in [1.807, 2.05) is 0 Å². The summed E-state index contributed by atoms with van der Waals surface area (Å²) in [4.78, 5) is 24.0. The molecule has 6 nitrogen and oxygen atoms in total. The molecular weight excluding hydrogens is 222 g/mol. The maximum atomic E-state index is 11.7. The minimum Gasteiger partial charge on any atom is -0.481 e. The Hall–Kier alpha value is -1.30. The van der Waals surface area contributed by atoms with Gasteiger partial charge >= 0.3 is 12.0 Å². The number of hydrogen-bond donors (Lipinski definition) is 3. The fourth-order valence-electron chi connectivity index (χ4n) is 1.84. The smallest absolute Gasteiger partial charge is 0.317 e. The minimum absolute atomic E-state index is 0.112. The van der Waals surface area contributed by atoms with Crippen LogP contribution in [0.25, 0.3) is 0 Å². The summed E-state index contributed by atoms with van der Waals surface area (Å²) >= 11 is 0. The predicted octanol–water partition coefficient (Wildman–Crippen LogP) is 0.0874. The lowest BCUT2D eigenvalue weighted by Crippen LogP contribution is -2.39. The Bertz CT molecular complexity index is 283. The number of aliphatic carboxylic acids is 1. The van der Waals surface area contributed by atoms with Crippen LogP contribution in [0.2, 0.25) is 0 Å². The summed E-state index contributed by atoms with van der Waals surface area (Å²) < 4.78 is 0. The number of carboxylic acid groups (broad SMARTS) is 1. The van der Waals surface area contributed by atoms with Crippen molar-refractivity contribution in [2.24, 2.45) is 17.6 Å². The number of carboxylic acids is 1.